The highest BCUT2D eigenvalue weighted by molar-refractivity contribution is 6.58. The molecule has 0 aliphatic heterocycles. The molecule has 2 aromatic rings. The minimum atomic E-state index is -1.58. The van der Waals surface area contributed by atoms with E-state index in [0.29, 0.717) is 11.0 Å². The smallest absolute Gasteiger partial charge is 0.468 e. The largest absolute Gasteiger partial charge is 0.488 e. The lowest BCUT2D eigenvalue weighted by Crippen LogP contribution is -2.33. The summed E-state index contributed by atoms with van der Waals surface area (Å²) in [6.07, 6.45) is 0. The van der Waals surface area contributed by atoms with Crippen molar-refractivity contribution in [2.24, 2.45) is 0 Å². The number of carbonyl (C=O) groups is 2. The van der Waals surface area contributed by atoms with Crippen LogP contribution in [0.1, 0.15) is 21.8 Å². The van der Waals surface area contributed by atoms with Crippen LogP contribution in [-0.4, -0.2) is 42.7 Å². The number of rotatable bonds is 6. The number of hydrogen-bond donors (Lipinski definition) is 3. The van der Waals surface area contributed by atoms with Gasteiger partial charge in [-0.05, 0) is 23.2 Å². The molecule has 0 radical (unpaired) electrons. The third-order valence-electron chi connectivity index (χ3n) is 3.63. The Kier molecular flexibility index (Phi) is 6.11. The normalized spacial score (nSPS) is 11.5. The molecule has 0 saturated carbocycles. The minimum Gasteiger partial charge on any atom is -0.468 e. The molecule has 1 unspecified atom stereocenters. The van der Waals surface area contributed by atoms with E-state index in [1.807, 2.05) is 18.2 Å². The standard InChI is InChI=1S/C17H18BNO5/c1-24-17(21)15(12-5-3-2-4-6-12)11-19-16(20)13-7-9-14(10-8-13)18(22)23/h2-10,15,22-23H,11H2,1H3,(H,19,20). The maximum absolute atomic E-state index is 12.2. The highest BCUT2D eigenvalue weighted by Gasteiger charge is 2.22. The molecule has 0 bridgehead atoms. The van der Waals surface area contributed by atoms with Gasteiger partial charge in [-0.25, -0.2) is 0 Å². The summed E-state index contributed by atoms with van der Waals surface area (Å²) in [5, 5.41) is 20.8. The molecule has 6 nitrogen and oxygen atoms in total. The number of benzene rings is 2. The van der Waals surface area contributed by atoms with Gasteiger partial charge in [-0.15, -0.1) is 0 Å². The molecule has 1 amide bonds. The first-order valence-corrected chi connectivity index (χ1v) is 7.40. The van der Waals surface area contributed by atoms with Crippen molar-refractivity contribution in [1.82, 2.24) is 5.32 Å². The molecule has 0 aliphatic rings. The summed E-state index contributed by atoms with van der Waals surface area (Å²) in [4.78, 5) is 24.1. The Morgan fingerprint density at radius 1 is 1.08 bits per heavy atom. The van der Waals surface area contributed by atoms with Gasteiger partial charge >= 0.3 is 13.1 Å². The first-order valence-electron chi connectivity index (χ1n) is 7.40. The van der Waals surface area contributed by atoms with Crippen molar-refractivity contribution in [2.45, 2.75) is 5.92 Å². The average Bonchev–Trinajstić information content (AvgIpc) is 2.62. The molecule has 0 aliphatic carbocycles. The number of nitrogens with one attached hydrogen (secondary N) is 1. The van der Waals surface area contributed by atoms with Gasteiger partial charge in [-0.1, -0.05) is 42.5 Å². The maximum atomic E-state index is 12.2. The van der Waals surface area contributed by atoms with Crippen molar-refractivity contribution in [3.8, 4) is 0 Å². The van der Waals surface area contributed by atoms with Gasteiger partial charge in [-0.3, -0.25) is 9.59 Å². The molecule has 24 heavy (non-hydrogen) atoms. The fraction of sp³-hybridized carbons (Fsp3) is 0.176. The first kappa shape index (κ1) is 17.7. The van der Waals surface area contributed by atoms with Crippen LogP contribution >= 0.6 is 0 Å². The quantitative estimate of drug-likeness (QED) is 0.515. The van der Waals surface area contributed by atoms with E-state index >= 15 is 0 Å². The molecule has 3 N–H and O–H groups in total. The summed E-state index contributed by atoms with van der Waals surface area (Å²) < 4.78 is 4.80. The fourth-order valence-electron chi connectivity index (χ4n) is 2.27. The Morgan fingerprint density at radius 2 is 1.71 bits per heavy atom. The van der Waals surface area contributed by atoms with Crippen LogP contribution in [0, 0.1) is 0 Å². The zero-order valence-electron chi connectivity index (χ0n) is 13.2. The molecule has 124 valence electrons. The average molecular weight is 327 g/mol. The van der Waals surface area contributed by atoms with Crippen molar-refractivity contribution in [3.63, 3.8) is 0 Å². The number of hydrogen-bond acceptors (Lipinski definition) is 5. The van der Waals surface area contributed by atoms with Crippen LogP contribution in [0.2, 0.25) is 0 Å². The van der Waals surface area contributed by atoms with E-state index < -0.39 is 19.0 Å². The SMILES string of the molecule is COC(=O)C(CNC(=O)c1ccc(B(O)O)cc1)c1ccccc1. The zero-order valence-corrected chi connectivity index (χ0v) is 13.2. The van der Waals surface area contributed by atoms with Gasteiger partial charge in [0, 0.05) is 12.1 Å². The van der Waals surface area contributed by atoms with Crippen LogP contribution in [0.3, 0.4) is 0 Å². The Hall–Kier alpha value is -2.64. The topological polar surface area (TPSA) is 95.9 Å². The van der Waals surface area contributed by atoms with Crippen molar-refractivity contribution in [2.75, 3.05) is 13.7 Å². The number of ether oxygens (including phenoxy) is 1. The first-order chi connectivity index (χ1) is 11.5. The predicted octanol–water partition coefficient (Wildman–Crippen LogP) is 0.0530. The van der Waals surface area contributed by atoms with Crippen LogP contribution < -0.4 is 10.8 Å². The Labute approximate surface area is 140 Å². The maximum Gasteiger partial charge on any atom is 0.488 e. The lowest BCUT2D eigenvalue weighted by atomic mass is 9.80. The zero-order chi connectivity index (χ0) is 17.5. The van der Waals surface area contributed by atoms with Gasteiger partial charge in [0.25, 0.3) is 5.91 Å². The molecule has 0 spiro atoms. The number of methoxy groups -OCH3 is 1. The third-order valence-corrected chi connectivity index (χ3v) is 3.63. The second kappa shape index (κ2) is 8.28. The van der Waals surface area contributed by atoms with Crippen molar-refractivity contribution in [3.05, 3.63) is 65.7 Å². The monoisotopic (exact) mass is 327 g/mol. The second-order valence-electron chi connectivity index (χ2n) is 5.19. The molecule has 2 aromatic carbocycles. The van der Waals surface area contributed by atoms with Crippen LogP contribution in [0.15, 0.2) is 54.6 Å². The minimum absolute atomic E-state index is 0.0971. The summed E-state index contributed by atoms with van der Waals surface area (Å²) in [5.74, 6) is -1.39. The van der Waals surface area contributed by atoms with E-state index in [-0.39, 0.29) is 12.5 Å². The van der Waals surface area contributed by atoms with Gasteiger partial charge in [0.15, 0.2) is 0 Å². The molecular weight excluding hydrogens is 309 g/mol. The van der Waals surface area contributed by atoms with Gasteiger partial charge in [0.05, 0.1) is 13.0 Å². The third kappa shape index (κ3) is 4.44. The van der Waals surface area contributed by atoms with Crippen molar-refractivity contribution in [1.29, 1.82) is 0 Å². The Balaban J connectivity index is 2.06. The second-order valence-corrected chi connectivity index (χ2v) is 5.19. The summed E-state index contributed by atoms with van der Waals surface area (Å²) >= 11 is 0. The van der Waals surface area contributed by atoms with Crippen molar-refractivity contribution >= 4 is 24.5 Å². The molecule has 0 aromatic heterocycles. The summed E-state index contributed by atoms with van der Waals surface area (Å²) in [7, 11) is -0.275. The molecule has 7 heteroatoms. The molecule has 2 rings (SSSR count). The predicted molar refractivity (Wildman–Crippen MR) is 89.8 cm³/mol. The van der Waals surface area contributed by atoms with Crippen LogP contribution in [0.4, 0.5) is 0 Å². The van der Waals surface area contributed by atoms with Gasteiger partial charge in [0.2, 0.25) is 0 Å². The van der Waals surface area contributed by atoms with Crippen LogP contribution in [-0.2, 0) is 9.53 Å². The lowest BCUT2D eigenvalue weighted by Gasteiger charge is -2.16. The molecular formula is C17H18BNO5. The van der Waals surface area contributed by atoms with Gasteiger partial charge in [0.1, 0.15) is 0 Å². The molecule has 0 fully saturated rings. The number of esters is 1. The van der Waals surface area contributed by atoms with E-state index in [9.17, 15) is 9.59 Å². The highest BCUT2D eigenvalue weighted by Crippen LogP contribution is 2.16. The van der Waals surface area contributed by atoms with Gasteiger partial charge < -0.3 is 20.1 Å². The summed E-state index contributed by atoms with van der Waals surface area (Å²) in [5.41, 5.74) is 1.41. The summed E-state index contributed by atoms with van der Waals surface area (Å²) in [6.45, 7) is 0.0971. The van der Waals surface area contributed by atoms with E-state index in [1.54, 1.807) is 12.1 Å². The lowest BCUT2D eigenvalue weighted by molar-refractivity contribution is -0.142. The van der Waals surface area contributed by atoms with E-state index in [4.69, 9.17) is 14.8 Å². The fourth-order valence-corrected chi connectivity index (χ4v) is 2.27. The number of amides is 1. The van der Waals surface area contributed by atoms with Crippen LogP contribution in [0.5, 0.6) is 0 Å². The molecule has 0 saturated heterocycles. The van der Waals surface area contributed by atoms with E-state index in [1.165, 1.54) is 31.4 Å². The molecule has 1 atom stereocenters. The van der Waals surface area contributed by atoms with E-state index in [0.717, 1.165) is 5.56 Å². The summed E-state index contributed by atoms with van der Waals surface area (Å²) in [6, 6.07) is 14.9. The Bertz CT molecular complexity index is 688. The molecule has 0 heterocycles. The Morgan fingerprint density at radius 3 is 2.25 bits per heavy atom. The van der Waals surface area contributed by atoms with E-state index in [2.05, 4.69) is 5.32 Å². The highest BCUT2D eigenvalue weighted by atomic mass is 16.5. The number of carbonyl (C=O) groups excluding carboxylic acids is 2. The van der Waals surface area contributed by atoms with Crippen LogP contribution in [0.25, 0.3) is 0 Å². The van der Waals surface area contributed by atoms with Crippen molar-refractivity contribution < 1.29 is 24.4 Å². The van der Waals surface area contributed by atoms with Gasteiger partial charge in [-0.2, -0.15) is 0 Å².